The molecule has 0 radical (unpaired) electrons. The first-order valence-electron chi connectivity index (χ1n) is 5.81. The highest BCUT2D eigenvalue weighted by atomic mass is 16.5. The molecule has 2 rings (SSSR count). The van der Waals surface area contributed by atoms with Gasteiger partial charge in [0.25, 0.3) is 0 Å². The van der Waals surface area contributed by atoms with Crippen LogP contribution in [0.4, 0.5) is 0 Å². The van der Waals surface area contributed by atoms with Gasteiger partial charge in [0.1, 0.15) is 6.10 Å². The normalized spacial score (nSPS) is 17.1. The summed E-state index contributed by atoms with van der Waals surface area (Å²) in [7, 11) is 1.68. The van der Waals surface area contributed by atoms with Gasteiger partial charge in [-0.2, -0.15) is 0 Å². The molecule has 0 unspecified atom stereocenters. The maximum absolute atomic E-state index is 5.97. The SMILES string of the molecule is COc1cc(C)ccc1OC1CCNCC1. The summed E-state index contributed by atoms with van der Waals surface area (Å²) in [5, 5.41) is 3.33. The molecule has 88 valence electrons. The lowest BCUT2D eigenvalue weighted by molar-refractivity contribution is 0.156. The number of hydrogen-bond donors (Lipinski definition) is 1. The quantitative estimate of drug-likeness (QED) is 0.848. The van der Waals surface area contributed by atoms with Gasteiger partial charge >= 0.3 is 0 Å². The Labute approximate surface area is 96.8 Å². The van der Waals surface area contributed by atoms with Crippen LogP contribution in [0.25, 0.3) is 0 Å². The summed E-state index contributed by atoms with van der Waals surface area (Å²) in [5.74, 6) is 1.69. The van der Waals surface area contributed by atoms with Crippen LogP contribution in [0.5, 0.6) is 11.5 Å². The van der Waals surface area contributed by atoms with E-state index in [9.17, 15) is 0 Å². The van der Waals surface area contributed by atoms with Crippen molar-refractivity contribution in [3.63, 3.8) is 0 Å². The molecule has 0 atom stereocenters. The van der Waals surface area contributed by atoms with Crippen LogP contribution in [-0.2, 0) is 0 Å². The zero-order chi connectivity index (χ0) is 11.4. The first-order chi connectivity index (χ1) is 7.79. The van der Waals surface area contributed by atoms with Gasteiger partial charge in [-0.25, -0.2) is 0 Å². The van der Waals surface area contributed by atoms with Gasteiger partial charge in [-0.3, -0.25) is 0 Å². The lowest BCUT2D eigenvalue weighted by Gasteiger charge is -2.24. The highest BCUT2D eigenvalue weighted by molar-refractivity contribution is 5.42. The standard InChI is InChI=1S/C13H19NO2/c1-10-3-4-12(13(9-10)15-2)16-11-5-7-14-8-6-11/h3-4,9,11,14H,5-8H2,1-2H3. The van der Waals surface area contributed by atoms with Crippen molar-refractivity contribution in [2.24, 2.45) is 0 Å². The third-order valence-corrected chi connectivity index (χ3v) is 2.90. The largest absolute Gasteiger partial charge is 0.493 e. The van der Waals surface area contributed by atoms with E-state index < -0.39 is 0 Å². The minimum atomic E-state index is 0.317. The number of piperidine rings is 1. The Morgan fingerprint density at radius 1 is 1.19 bits per heavy atom. The lowest BCUT2D eigenvalue weighted by Crippen LogP contribution is -2.34. The van der Waals surface area contributed by atoms with Gasteiger partial charge in [0.05, 0.1) is 7.11 Å². The predicted octanol–water partition coefficient (Wildman–Crippen LogP) is 2.13. The zero-order valence-corrected chi connectivity index (χ0v) is 9.95. The van der Waals surface area contributed by atoms with Crippen LogP contribution in [0.3, 0.4) is 0 Å². The Hall–Kier alpha value is -1.22. The smallest absolute Gasteiger partial charge is 0.161 e. The van der Waals surface area contributed by atoms with E-state index in [0.29, 0.717) is 6.10 Å². The van der Waals surface area contributed by atoms with E-state index in [-0.39, 0.29) is 0 Å². The Morgan fingerprint density at radius 2 is 1.94 bits per heavy atom. The van der Waals surface area contributed by atoms with E-state index >= 15 is 0 Å². The number of ether oxygens (including phenoxy) is 2. The molecule has 0 spiro atoms. The molecule has 0 aromatic heterocycles. The second-order valence-electron chi connectivity index (χ2n) is 4.22. The number of aryl methyl sites for hydroxylation is 1. The third kappa shape index (κ3) is 2.67. The van der Waals surface area contributed by atoms with E-state index in [1.54, 1.807) is 7.11 Å². The van der Waals surface area contributed by atoms with Gasteiger partial charge in [0.2, 0.25) is 0 Å². The molecule has 0 bridgehead atoms. The van der Waals surface area contributed by atoms with Crippen LogP contribution in [0.2, 0.25) is 0 Å². The van der Waals surface area contributed by atoms with E-state index in [1.807, 2.05) is 12.1 Å². The molecule has 1 aromatic carbocycles. The van der Waals surface area contributed by atoms with Crippen LogP contribution in [-0.4, -0.2) is 26.3 Å². The monoisotopic (exact) mass is 221 g/mol. The fraction of sp³-hybridized carbons (Fsp3) is 0.538. The Bertz CT molecular complexity index is 346. The maximum Gasteiger partial charge on any atom is 0.161 e. The molecule has 1 N–H and O–H groups in total. The average molecular weight is 221 g/mol. The van der Waals surface area contributed by atoms with Gasteiger partial charge in [0, 0.05) is 0 Å². The van der Waals surface area contributed by atoms with Crippen molar-refractivity contribution < 1.29 is 9.47 Å². The fourth-order valence-electron chi connectivity index (χ4n) is 1.97. The first kappa shape index (κ1) is 11.3. The maximum atomic E-state index is 5.97. The molecule has 0 amide bonds. The lowest BCUT2D eigenvalue weighted by atomic mass is 10.1. The molecule has 1 saturated heterocycles. The summed E-state index contributed by atoms with van der Waals surface area (Å²) in [4.78, 5) is 0. The zero-order valence-electron chi connectivity index (χ0n) is 9.95. The highest BCUT2D eigenvalue weighted by Gasteiger charge is 2.16. The van der Waals surface area contributed by atoms with E-state index in [1.165, 1.54) is 5.56 Å². The Kier molecular flexibility index (Phi) is 3.67. The molecule has 1 aliphatic heterocycles. The molecule has 3 nitrogen and oxygen atoms in total. The van der Waals surface area contributed by atoms with E-state index in [4.69, 9.17) is 9.47 Å². The van der Waals surface area contributed by atoms with Crippen molar-refractivity contribution >= 4 is 0 Å². The minimum Gasteiger partial charge on any atom is -0.493 e. The van der Waals surface area contributed by atoms with Crippen LogP contribution >= 0.6 is 0 Å². The third-order valence-electron chi connectivity index (χ3n) is 2.90. The fourth-order valence-corrected chi connectivity index (χ4v) is 1.97. The number of benzene rings is 1. The molecular formula is C13H19NO2. The van der Waals surface area contributed by atoms with Gasteiger partial charge in [-0.05, 0) is 50.6 Å². The number of rotatable bonds is 3. The van der Waals surface area contributed by atoms with Crippen molar-refractivity contribution in [3.05, 3.63) is 23.8 Å². The molecule has 1 aliphatic rings. The van der Waals surface area contributed by atoms with Gasteiger partial charge in [0.15, 0.2) is 11.5 Å². The van der Waals surface area contributed by atoms with Crippen LogP contribution in [0.1, 0.15) is 18.4 Å². The van der Waals surface area contributed by atoms with Crippen LogP contribution in [0, 0.1) is 6.92 Å². The predicted molar refractivity (Wildman–Crippen MR) is 64.3 cm³/mol. The molecule has 0 saturated carbocycles. The summed E-state index contributed by atoms with van der Waals surface area (Å²) in [5.41, 5.74) is 1.19. The van der Waals surface area contributed by atoms with Crippen LogP contribution < -0.4 is 14.8 Å². The molecule has 0 aliphatic carbocycles. The highest BCUT2D eigenvalue weighted by Crippen LogP contribution is 2.29. The second-order valence-corrected chi connectivity index (χ2v) is 4.22. The number of nitrogens with one attached hydrogen (secondary N) is 1. The van der Waals surface area contributed by atoms with Crippen molar-refractivity contribution in [3.8, 4) is 11.5 Å². The molecular weight excluding hydrogens is 202 g/mol. The van der Waals surface area contributed by atoms with Gasteiger partial charge in [-0.1, -0.05) is 6.07 Å². The first-order valence-corrected chi connectivity index (χ1v) is 5.81. The van der Waals surface area contributed by atoms with Crippen molar-refractivity contribution in [2.45, 2.75) is 25.9 Å². The Balaban J connectivity index is 2.07. The van der Waals surface area contributed by atoms with E-state index in [0.717, 1.165) is 37.4 Å². The van der Waals surface area contributed by atoms with Gasteiger partial charge < -0.3 is 14.8 Å². The van der Waals surface area contributed by atoms with Crippen LogP contribution in [0.15, 0.2) is 18.2 Å². The van der Waals surface area contributed by atoms with Crippen molar-refractivity contribution in [2.75, 3.05) is 20.2 Å². The van der Waals surface area contributed by atoms with Gasteiger partial charge in [-0.15, -0.1) is 0 Å². The minimum absolute atomic E-state index is 0.317. The summed E-state index contributed by atoms with van der Waals surface area (Å²) in [6.45, 7) is 4.13. The molecule has 16 heavy (non-hydrogen) atoms. The number of hydrogen-bond acceptors (Lipinski definition) is 3. The summed E-state index contributed by atoms with van der Waals surface area (Å²) < 4.78 is 11.3. The molecule has 1 fully saturated rings. The topological polar surface area (TPSA) is 30.5 Å². The molecule has 1 heterocycles. The molecule has 3 heteroatoms. The van der Waals surface area contributed by atoms with Crippen molar-refractivity contribution in [1.29, 1.82) is 0 Å². The summed E-state index contributed by atoms with van der Waals surface area (Å²) in [6, 6.07) is 6.06. The Morgan fingerprint density at radius 3 is 2.62 bits per heavy atom. The van der Waals surface area contributed by atoms with Crippen molar-refractivity contribution in [1.82, 2.24) is 5.32 Å². The number of methoxy groups -OCH3 is 1. The summed E-state index contributed by atoms with van der Waals surface area (Å²) in [6.07, 6.45) is 2.45. The molecule has 1 aromatic rings. The second kappa shape index (κ2) is 5.21. The van der Waals surface area contributed by atoms with E-state index in [2.05, 4.69) is 18.3 Å². The average Bonchev–Trinajstić information content (AvgIpc) is 2.33. The summed E-state index contributed by atoms with van der Waals surface area (Å²) >= 11 is 0.